The lowest BCUT2D eigenvalue weighted by atomic mass is 10.2. The molecule has 0 saturated heterocycles. The van der Waals surface area contributed by atoms with Crippen LogP contribution in [0.1, 0.15) is 5.56 Å². The van der Waals surface area contributed by atoms with E-state index in [1.807, 2.05) is 0 Å². The Kier molecular flexibility index (Phi) is 3.51. The van der Waals surface area contributed by atoms with E-state index in [1.165, 1.54) is 24.3 Å². The molecule has 2 aromatic rings. The maximum absolute atomic E-state index is 10.6. The van der Waals surface area contributed by atoms with Gasteiger partial charge in [0.25, 0.3) is 5.69 Å². The quantitative estimate of drug-likeness (QED) is 0.651. The Morgan fingerprint density at radius 3 is 2.63 bits per heavy atom. The molecular weight excluding hydrogens is 250 g/mol. The summed E-state index contributed by atoms with van der Waals surface area (Å²) < 4.78 is 5.33. The number of nitro groups is 1. The lowest BCUT2D eigenvalue weighted by molar-refractivity contribution is -0.384. The Balaban J connectivity index is 2.10. The fraction of sp³-hybridized carbons (Fsp3) is 0.0769. The standard InChI is InChI=1S/C13H11NO5/c15-11-4-5-13(12(16)7-11)19-8-9-2-1-3-10(6-9)14(17)18/h1-7,15-16H,8H2. The lowest BCUT2D eigenvalue weighted by Crippen LogP contribution is -1.97. The van der Waals surface area contributed by atoms with Crippen LogP contribution in [0.4, 0.5) is 5.69 Å². The van der Waals surface area contributed by atoms with E-state index in [-0.39, 0.29) is 29.5 Å². The Labute approximate surface area is 108 Å². The van der Waals surface area contributed by atoms with Crippen LogP contribution in [0, 0.1) is 10.1 Å². The highest BCUT2D eigenvalue weighted by Crippen LogP contribution is 2.30. The zero-order chi connectivity index (χ0) is 13.8. The first-order chi connectivity index (χ1) is 9.06. The van der Waals surface area contributed by atoms with Crippen molar-refractivity contribution >= 4 is 5.69 Å². The van der Waals surface area contributed by atoms with Gasteiger partial charge in [0.1, 0.15) is 12.4 Å². The molecule has 0 atom stereocenters. The van der Waals surface area contributed by atoms with Crippen LogP contribution >= 0.6 is 0 Å². The number of non-ortho nitro benzene ring substituents is 1. The molecule has 6 heteroatoms. The highest BCUT2D eigenvalue weighted by Gasteiger charge is 2.07. The molecule has 0 aliphatic rings. The van der Waals surface area contributed by atoms with E-state index in [4.69, 9.17) is 9.84 Å². The van der Waals surface area contributed by atoms with Crippen molar-refractivity contribution in [1.29, 1.82) is 0 Å². The van der Waals surface area contributed by atoms with Gasteiger partial charge < -0.3 is 14.9 Å². The molecule has 19 heavy (non-hydrogen) atoms. The molecule has 6 nitrogen and oxygen atoms in total. The summed E-state index contributed by atoms with van der Waals surface area (Å²) in [4.78, 5) is 10.1. The van der Waals surface area contributed by atoms with Crippen LogP contribution < -0.4 is 4.74 Å². The molecule has 2 rings (SSSR count). The maximum Gasteiger partial charge on any atom is 0.269 e. The van der Waals surface area contributed by atoms with Crippen molar-refractivity contribution in [3.8, 4) is 17.2 Å². The number of nitro benzene ring substituents is 1. The molecule has 2 aromatic carbocycles. The van der Waals surface area contributed by atoms with Crippen molar-refractivity contribution in [2.45, 2.75) is 6.61 Å². The topological polar surface area (TPSA) is 92.8 Å². The Morgan fingerprint density at radius 1 is 1.16 bits per heavy atom. The molecule has 0 aliphatic heterocycles. The fourth-order valence-electron chi connectivity index (χ4n) is 1.55. The van der Waals surface area contributed by atoms with Crippen molar-refractivity contribution in [2.24, 2.45) is 0 Å². The molecule has 0 amide bonds. The Hall–Kier alpha value is -2.76. The van der Waals surface area contributed by atoms with E-state index < -0.39 is 4.92 Å². The summed E-state index contributed by atoms with van der Waals surface area (Å²) in [5, 5.41) is 29.3. The Bertz CT molecular complexity index is 612. The molecule has 0 saturated carbocycles. The summed E-state index contributed by atoms with van der Waals surface area (Å²) in [6, 6.07) is 9.99. The smallest absolute Gasteiger partial charge is 0.269 e. The zero-order valence-corrected chi connectivity index (χ0v) is 9.81. The largest absolute Gasteiger partial charge is 0.508 e. The number of hydrogen-bond donors (Lipinski definition) is 2. The van der Waals surface area contributed by atoms with Crippen LogP contribution in [0.15, 0.2) is 42.5 Å². The maximum atomic E-state index is 10.6. The summed E-state index contributed by atoms with van der Waals surface area (Å²) in [5.41, 5.74) is 0.595. The Morgan fingerprint density at radius 2 is 1.95 bits per heavy atom. The van der Waals surface area contributed by atoms with Gasteiger partial charge in [-0.1, -0.05) is 12.1 Å². The van der Waals surface area contributed by atoms with Gasteiger partial charge >= 0.3 is 0 Å². The van der Waals surface area contributed by atoms with E-state index in [2.05, 4.69) is 0 Å². The second-order valence-electron chi connectivity index (χ2n) is 3.87. The van der Waals surface area contributed by atoms with E-state index in [9.17, 15) is 15.2 Å². The molecule has 0 unspecified atom stereocenters. The van der Waals surface area contributed by atoms with Crippen molar-refractivity contribution in [3.05, 3.63) is 58.1 Å². The third kappa shape index (κ3) is 3.12. The van der Waals surface area contributed by atoms with Crippen LogP contribution in [0.2, 0.25) is 0 Å². The number of benzene rings is 2. The summed E-state index contributed by atoms with van der Waals surface area (Å²) in [5.74, 6) is -0.0602. The molecular formula is C13H11NO5. The summed E-state index contributed by atoms with van der Waals surface area (Å²) in [6.45, 7) is 0.0833. The van der Waals surface area contributed by atoms with Crippen LogP contribution in [-0.4, -0.2) is 15.1 Å². The summed E-state index contributed by atoms with van der Waals surface area (Å²) in [6.07, 6.45) is 0. The van der Waals surface area contributed by atoms with Crippen LogP contribution in [-0.2, 0) is 6.61 Å². The van der Waals surface area contributed by atoms with E-state index in [0.717, 1.165) is 6.07 Å². The predicted octanol–water partition coefficient (Wildman–Crippen LogP) is 2.59. The number of aromatic hydroxyl groups is 2. The molecule has 0 aliphatic carbocycles. The fourth-order valence-corrected chi connectivity index (χ4v) is 1.55. The second-order valence-corrected chi connectivity index (χ2v) is 3.87. The summed E-state index contributed by atoms with van der Waals surface area (Å²) >= 11 is 0. The first-order valence-corrected chi connectivity index (χ1v) is 5.44. The number of hydrogen-bond acceptors (Lipinski definition) is 5. The lowest BCUT2D eigenvalue weighted by Gasteiger charge is -2.08. The average Bonchev–Trinajstić information content (AvgIpc) is 2.38. The summed E-state index contributed by atoms with van der Waals surface area (Å²) in [7, 11) is 0. The van der Waals surface area contributed by atoms with Crippen molar-refractivity contribution < 1.29 is 19.9 Å². The molecule has 98 valence electrons. The minimum atomic E-state index is -0.485. The number of ether oxygens (including phenoxy) is 1. The van der Waals surface area contributed by atoms with Gasteiger partial charge in [-0.3, -0.25) is 10.1 Å². The SMILES string of the molecule is O=[N+]([O-])c1cccc(COc2ccc(O)cc2O)c1. The van der Waals surface area contributed by atoms with E-state index in [1.54, 1.807) is 12.1 Å². The van der Waals surface area contributed by atoms with E-state index >= 15 is 0 Å². The number of phenols is 2. The van der Waals surface area contributed by atoms with Crippen molar-refractivity contribution in [3.63, 3.8) is 0 Å². The number of rotatable bonds is 4. The molecule has 0 radical (unpaired) electrons. The van der Waals surface area contributed by atoms with Crippen LogP contribution in [0.25, 0.3) is 0 Å². The second kappa shape index (κ2) is 5.26. The van der Waals surface area contributed by atoms with Crippen molar-refractivity contribution in [1.82, 2.24) is 0 Å². The van der Waals surface area contributed by atoms with Crippen LogP contribution in [0.5, 0.6) is 17.2 Å². The normalized spacial score (nSPS) is 10.1. The highest BCUT2D eigenvalue weighted by atomic mass is 16.6. The number of nitrogens with zero attached hydrogens (tertiary/aromatic N) is 1. The predicted molar refractivity (Wildman–Crippen MR) is 67.2 cm³/mol. The molecule has 0 spiro atoms. The third-order valence-corrected chi connectivity index (χ3v) is 2.46. The zero-order valence-electron chi connectivity index (χ0n) is 9.81. The van der Waals surface area contributed by atoms with Gasteiger partial charge in [-0.25, -0.2) is 0 Å². The van der Waals surface area contributed by atoms with Gasteiger partial charge in [0.2, 0.25) is 0 Å². The minimum Gasteiger partial charge on any atom is -0.508 e. The van der Waals surface area contributed by atoms with Gasteiger partial charge in [0.05, 0.1) is 4.92 Å². The minimum absolute atomic E-state index is 0.0176. The van der Waals surface area contributed by atoms with Gasteiger partial charge in [-0.2, -0.15) is 0 Å². The molecule has 0 bridgehead atoms. The van der Waals surface area contributed by atoms with Gasteiger partial charge in [0, 0.05) is 18.2 Å². The van der Waals surface area contributed by atoms with Gasteiger partial charge in [-0.05, 0) is 17.7 Å². The highest BCUT2D eigenvalue weighted by molar-refractivity contribution is 5.44. The number of phenolic OH excluding ortho intramolecular Hbond substituents is 2. The molecule has 0 heterocycles. The average molecular weight is 261 g/mol. The first-order valence-electron chi connectivity index (χ1n) is 5.44. The molecule has 0 fully saturated rings. The van der Waals surface area contributed by atoms with E-state index in [0.29, 0.717) is 5.56 Å². The first kappa shape index (κ1) is 12.7. The van der Waals surface area contributed by atoms with Crippen LogP contribution in [0.3, 0.4) is 0 Å². The third-order valence-electron chi connectivity index (χ3n) is 2.46. The molecule has 2 N–H and O–H groups in total. The monoisotopic (exact) mass is 261 g/mol. The molecule has 0 aromatic heterocycles. The van der Waals surface area contributed by atoms with Gasteiger partial charge in [-0.15, -0.1) is 0 Å². The van der Waals surface area contributed by atoms with Crippen molar-refractivity contribution in [2.75, 3.05) is 0 Å². The van der Waals surface area contributed by atoms with Gasteiger partial charge in [0.15, 0.2) is 11.5 Å².